The summed E-state index contributed by atoms with van der Waals surface area (Å²) in [6.45, 7) is 6.24. The Morgan fingerprint density at radius 2 is 2.05 bits per heavy atom. The molecule has 2 unspecified atom stereocenters. The number of likely N-dealkylation sites (N-methyl/N-ethyl adjacent to an activating group) is 1. The molecule has 0 aromatic rings. The number of rotatable bonds is 7. The number of amides is 2. The maximum atomic E-state index is 12.1. The van der Waals surface area contributed by atoms with Crippen molar-refractivity contribution in [2.24, 2.45) is 11.8 Å². The molecule has 5 nitrogen and oxygen atoms in total. The van der Waals surface area contributed by atoms with Gasteiger partial charge in [-0.25, -0.2) is 0 Å². The van der Waals surface area contributed by atoms with Crippen LogP contribution in [-0.4, -0.2) is 49.9 Å². The maximum absolute atomic E-state index is 12.1. The van der Waals surface area contributed by atoms with Crippen molar-refractivity contribution in [3.8, 4) is 0 Å². The standard InChI is InChI=1S/C16H31N3O2/c1-12(2)10-14(16(21)19(3)4)18-15(20)8-7-13-6-5-9-17-11-13/h12-14,17H,5-11H2,1-4H3,(H,18,20). The van der Waals surface area contributed by atoms with Gasteiger partial charge in [0, 0.05) is 20.5 Å². The highest BCUT2D eigenvalue weighted by molar-refractivity contribution is 5.87. The van der Waals surface area contributed by atoms with Crippen LogP contribution in [0.1, 0.15) is 46.0 Å². The number of carbonyl (C=O) groups is 2. The van der Waals surface area contributed by atoms with E-state index >= 15 is 0 Å². The van der Waals surface area contributed by atoms with Gasteiger partial charge in [0.05, 0.1) is 0 Å². The predicted molar refractivity (Wildman–Crippen MR) is 84.9 cm³/mol. The van der Waals surface area contributed by atoms with Crippen molar-refractivity contribution in [3.63, 3.8) is 0 Å². The quantitative estimate of drug-likeness (QED) is 0.746. The van der Waals surface area contributed by atoms with Gasteiger partial charge in [0.1, 0.15) is 6.04 Å². The van der Waals surface area contributed by atoms with Crippen molar-refractivity contribution in [1.82, 2.24) is 15.5 Å². The van der Waals surface area contributed by atoms with E-state index in [1.165, 1.54) is 12.8 Å². The maximum Gasteiger partial charge on any atom is 0.244 e. The summed E-state index contributed by atoms with van der Waals surface area (Å²) < 4.78 is 0. The summed E-state index contributed by atoms with van der Waals surface area (Å²) in [6, 6.07) is -0.392. The normalized spacial score (nSPS) is 20.1. The summed E-state index contributed by atoms with van der Waals surface area (Å²) in [6.07, 6.45) is 4.51. The van der Waals surface area contributed by atoms with Crippen molar-refractivity contribution < 1.29 is 9.59 Å². The molecule has 1 saturated heterocycles. The molecule has 5 heteroatoms. The van der Waals surface area contributed by atoms with Crippen LogP contribution in [0.15, 0.2) is 0 Å². The van der Waals surface area contributed by atoms with E-state index in [1.54, 1.807) is 19.0 Å². The minimum Gasteiger partial charge on any atom is -0.347 e. The van der Waals surface area contributed by atoms with Crippen molar-refractivity contribution >= 4 is 11.8 Å². The number of nitrogens with one attached hydrogen (secondary N) is 2. The molecule has 2 N–H and O–H groups in total. The predicted octanol–water partition coefficient (Wildman–Crippen LogP) is 1.39. The van der Waals surface area contributed by atoms with Crippen molar-refractivity contribution in [1.29, 1.82) is 0 Å². The van der Waals surface area contributed by atoms with E-state index in [0.29, 0.717) is 24.7 Å². The number of carbonyl (C=O) groups excluding carboxylic acids is 2. The van der Waals surface area contributed by atoms with Gasteiger partial charge in [-0.05, 0) is 50.6 Å². The van der Waals surface area contributed by atoms with Gasteiger partial charge >= 0.3 is 0 Å². The molecule has 0 radical (unpaired) electrons. The number of nitrogens with zero attached hydrogens (tertiary/aromatic N) is 1. The van der Waals surface area contributed by atoms with Gasteiger partial charge in [0.2, 0.25) is 11.8 Å². The molecule has 2 amide bonds. The lowest BCUT2D eigenvalue weighted by Crippen LogP contribution is -2.47. The summed E-state index contributed by atoms with van der Waals surface area (Å²) in [5, 5.41) is 6.28. The van der Waals surface area contributed by atoms with Gasteiger partial charge in [0.25, 0.3) is 0 Å². The minimum atomic E-state index is -0.392. The van der Waals surface area contributed by atoms with Crippen LogP contribution < -0.4 is 10.6 Å². The third kappa shape index (κ3) is 6.93. The fraction of sp³-hybridized carbons (Fsp3) is 0.875. The Kier molecular flexibility index (Phi) is 7.72. The van der Waals surface area contributed by atoms with E-state index in [2.05, 4.69) is 24.5 Å². The Hall–Kier alpha value is -1.10. The first-order valence-corrected chi connectivity index (χ1v) is 8.11. The largest absolute Gasteiger partial charge is 0.347 e. The number of hydrogen-bond donors (Lipinski definition) is 2. The molecular formula is C16H31N3O2. The molecule has 122 valence electrons. The molecule has 1 fully saturated rings. The van der Waals surface area contributed by atoms with Crippen LogP contribution in [0.5, 0.6) is 0 Å². The van der Waals surface area contributed by atoms with Gasteiger partial charge < -0.3 is 15.5 Å². The summed E-state index contributed by atoms with van der Waals surface area (Å²) >= 11 is 0. The van der Waals surface area contributed by atoms with Crippen LogP contribution >= 0.6 is 0 Å². The van der Waals surface area contributed by atoms with Crippen LogP contribution in [0.4, 0.5) is 0 Å². The molecule has 0 aromatic carbocycles. The zero-order valence-corrected chi connectivity index (χ0v) is 13.9. The molecule has 1 rings (SSSR count). The Morgan fingerprint density at radius 1 is 1.33 bits per heavy atom. The molecule has 21 heavy (non-hydrogen) atoms. The third-order valence-corrected chi connectivity index (χ3v) is 3.96. The summed E-state index contributed by atoms with van der Waals surface area (Å²) in [4.78, 5) is 25.8. The van der Waals surface area contributed by atoms with Gasteiger partial charge in [-0.2, -0.15) is 0 Å². The first-order chi connectivity index (χ1) is 9.90. The average molecular weight is 297 g/mol. The van der Waals surface area contributed by atoms with Gasteiger partial charge in [-0.1, -0.05) is 13.8 Å². The molecule has 1 aliphatic rings. The van der Waals surface area contributed by atoms with E-state index < -0.39 is 6.04 Å². The average Bonchev–Trinajstić information content (AvgIpc) is 2.44. The Bertz CT molecular complexity index is 336. The minimum absolute atomic E-state index is 0.00132. The summed E-state index contributed by atoms with van der Waals surface area (Å²) in [7, 11) is 3.46. The first kappa shape index (κ1) is 18.0. The topological polar surface area (TPSA) is 61.4 Å². The zero-order chi connectivity index (χ0) is 15.8. The highest BCUT2D eigenvalue weighted by Gasteiger charge is 2.23. The molecule has 0 bridgehead atoms. The Morgan fingerprint density at radius 3 is 2.57 bits per heavy atom. The van der Waals surface area contributed by atoms with Gasteiger partial charge in [0.15, 0.2) is 0 Å². The Labute approximate surface area is 128 Å². The summed E-state index contributed by atoms with van der Waals surface area (Å²) in [5.74, 6) is 0.956. The van der Waals surface area contributed by atoms with Crippen LogP contribution in [0.3, 0.4) is 0 Å². The van der Waals surface area contributed by atoms with Crippen molar-refractivity contribution in [2.75, 3.05) is 27.2 Å². The molecule has 0 aromatic heterocycles. The lowest BCUT2D eigenvalue weighted by atomic mass is 9.94. The van der Waals surface area contributed by atoms with Crippen molar-refractivity contribution in [2.45, 2.75) is 52.0 Å². The Balaban J connectivity index is 2.41. The second-order valence-electron chi connectivity index (χ2n) is 6.73. The first-order valence-electron chi connectivity index (χ1n) is 8.11. The van der Waals surface area contributed by atoms with Crippen LogP contribution in [0.2, 0.25) is 0 Å². The zero-order valence-electron chi connectivity index (χ0n) is 13.9. The SMILES string of the molecule is CC(C)CC(NC(=O)CCC1CCCNC1)C(=O)N(C)C. The van der Waals surface area contributed by atoms with Crippen LogP contribution in [0.25, 0.3) is 0 Å². The fourth-order valence-electron chi connectivity index (χ4n) is 2.78. The molecule has 1 aliphatic heterocycles. The molecule has 1 heterocycles. The van der Waals surface area contributed by atoms with Crippen molar-refractivity contribution in [3.05, 3.63) is 0 Å². The summed E-state index contributed by atoms with van der Waals surface area (Å²) in [5.41, 5.74) is 0. The smallest absolute Gasteiger partial charge is 0.244 e. The monoisotopic (exact) mass is 297 g/mol. The number of piperidine rings is 1. The second-order valence-corrected chi connectivity index (χ2v) is 6.73. The van der Waals surface area contributed by atoms with Gasteiger partial charge in [-0.3, -0.25) is 9.59 Å². The highest BCUT2D eigenvalue weighted by Crippen LogP contribution is 2.16. The molecule has 0 aliphatic carbocycles. The fourth-order valence-corrected chi connectivity index (χ4v) is 2.78. The van der Waals surface area contributed by atoms with E-state index in [4.69, 9.17) is 0 Å². The third-order valence-electron chi connectivity index (χ3n) is 3.96. The second kappa shape index (κ2) is 9.03. The van der Waals surface area contributed by atoms with E-state index in [-0.39, 0.29) is 11.8 Å². The number of hydrogen-bond acceptors (Lipinski definition) is 3. The molecular weight excluding hydrogens is 266 g/mol. The lowest BCUT2D eigenvalue weighted by Gasteiger charge is -2.25. The molecule has 0 spiro atoms. The van der Waals surface area contributed by atoms with Crippen LogP contribution in [0, 0.1) is 11.8 Å². The van der Waals surface area contributed by atoms with Crippen LogP contribution in [-0.2, 0) is 9.59 Å². The van der Waals surface area contributed by atoms with E-state index in [1.807, 2.05) is 0 Å². The van der Waals surface area contributed by atoms with Gasteiger partial charge in [-0.15, -0.1) is 0 Å². The lowest BCUT2D eigenvalue weighted by molar-refractivity contribution is -0.134. The highest BCUT2D eigenvalue weighted by atomic mass is 16.2. The van der Waals surface area contributed by atoms with E-state index in [9.17, 15) is 9.59 Å². The molecule has 2 atom stereocenters. The van der Waals surface area contributed by atoms with E-state index in [0.717, 1.165) is 19.5 Å². The molecule has 0 saturated carbocycles.